The summed E-state index contributed by atoms with van der Waals surface area (Å²) in [5.74, 6) is 0.847. The molecule has 6 heteroatoms. The predicted octanol–water partition coefficient (Wildman–Crippen LogP) is 3.52. The molecule has 0 spiro atoms. The largest absolute Gasteiger partial charge is 0.341 e. The van der Waals surface area contributed by atoms with Crippen LogP contribution in [0.25, 0.3) is 21.8 Å². The van der Waals surface area contributed by atoms with Gasteiger partial charge in [-0.15, -0.1) is 0 Å². The number of hydrogen-bond acceptors (Lipinski definition) is 5. The minimum absolute atomic E-state index is 0.847. The van der Waals surface area contributed by atoms with E-state index in [1.807, 2.05) is 18.5 Å². The van der Waals surface area contributed by atoms with Gasteiger partial charge in [-0.2, -0.15) is 0 Å². The van der Waals surface area contributed by atoms with E-state index in [1.165, 1.54) is 27.4 Å². The van der Waals surface area contributed by atoms with Gasteiger partial charge in [0, 0.05) is 86.6 Å². The fraction of sp³-hybridized carbons (Fsp3) is 0.360. The van der Waals surface area contributed by atoms with Gasteiger partial charge in [-0.1, -0.05) is 24.3 Å². The molecule has 0 bridgehead atoms. The number of para-hydroxylation sites is 1. The third-order valence-electron chi connectivity index (χ3n) is 6.29. The molecular formula is C25H30N6. The van der Waals surface area contributed by atoms with Crippen LogP contribution in [0.5, 0.6) is 0 Å². The molecule has 160 valence electrons. The van der Waals surface area contributed by atoms with Crippen molar-refractivity contribution in [3.05, 3.63) is 66.5 Å². The average molecular weight is 415 g/mol. The summed E-state index contributed by atoms with van der Waals surface area (Å²) in [6, 6.07) is 17.5. The summed E-state index contributed by atoms with van der Waals surface area (Å²) in [5, 5.41) is 6.34. The molecule has 0 aliphatic carbocycles. The Kier molecular flexibility index (Phi) is 5.82. The van der Waals surface area contributed by atoms with Crippen LogP contribution in [0, 0.1) is 0 Å². The lowest BCUT2D eigenvalue weighted by Gasteiger charge is -2.34. The first-order chi connectivity index (χ1) is 15.3. The Labute approximate surface area is 183 Å². The molecule has 3 heterocycles. The van der Waals surface area contributed by atoms with Crippen molar-refractivity contribution in [1.29, 1.82) is 0 Å². The topological polar surface area (TPSA) is 49.2 Å². The molecular weight excluding hydrogens is 384 g/mol. The van der Waals surface area contributed by atoms with Crippen molar-refractivity contribution in [3.63, 3.8) is 0 Å². The van der Waals surface area contributed by atoms with Crippen molar-refractivity contribution >= 4 is 27.8 Å². The standard InChI is InChI=1S/C25H30N6/c1-2-31-23-7-4-3-6-21(23)22-18-20(8-9-24(22)31)19-26-12-13-29-14-16-30(17-15-29)25-27-10-5-11-28-25/h3-11,18,26H,2,12-17,19H2,1H3. The molecule has 6 nitrogen and oxygen atoms in total. The zero-order valence-corrected chi connectivity index (χ0v) is 18.2. The molecule has 5 rings (SSSR count). The lowest BCUT2D eigenvalue weighted by molar-refractivity contribution is 0.256. The Morgan fingerprint density at radius 1 is 0.871 bits per heavy atom. The van der Waals surface area contributed by atoms with Crippen LogP contribution in [-0.4, -0.2) is 58.7 Å². The number of nitrogens with zero attached hydrogens (tertiary/aromatic N) is 5. The molecule has 2 aromatic heterocycles. The van der Waals surface area contributed by atoms with E-state index in [2.05, 4.69) is 79.0 Å². The van der Waals surface area contributed by atoms with Crippen LogP contribution in [-0.2, 0) is 13.1 Å². The van der Waals surface area contributed by atoms with Gasteiger partial charge in [0.15, 0.2) is 0 Å². The van der Waals surface area contributed by atoms with Crippen LogP contribution in [0.3, 0.4) is 0 Å². The molecule has 0 amide bonds. The number of aryl methyl sites for hydroxylation is 1. The van der Waals surface area contributed by atoms with Crippen molar-refractivity contribution in [3.8, 4) is 0 Å². The summed E-state index contributed by atoms with van der Waals surface area (Å²) >= 11 is 0. The highest BCUT2D eigenvalue weighted by molar-refractivity contribution is 6.08. The van der Waals surface area contributed by atoms with Crippen LogP contribution < -0.4 is 10.2 Å². The second-order valence-electron chi connectivity index (χ2n) is 8.17. The maximum atomic E-state index is 4.37. The average Bonchev–Trinajstić information content (AvgIpc) is 3.16. The first-order valence-electron chi connectivity index (χ1n) is 11.3. The van der Waals surface area contributed by atoms with Gasteiger partial charge in [-0.05, 0) is 36.8 Å². The van der Waals surface area contributed by atoms with E-state index >= 15 is 0 Å². The number of benzene rings is 2. The highest BCUT2D eigenvalue weighted by Gasteiger charge is 2.18. The van der Waals surface area contributed by atoms with E-state index in [9.17, 15) is 0 Å². The minimum Gasteiger partial charge on any atom is -0.341 e. The van der Waals surface area contributed by atoms with E-state index < -0.39 is 0 Å². The molecule has 31 heavy (non-hydrogen) atoms. The van der Waals surface area contributed by atoms with Gasteiger partial charge in [0.25, 0.3) is 0 Å². The highest BCUT2D eigenvalue weighted by atomic mass is 15.3. The second kappa shape index (κ2) is 9.04. The number of fused-ring (bicyclic) bond motifs is 3. The Balaban J connectivity index is 1.15. The Bertz CT molecular complexity index is 1140. The van der Waals surface area contributed by atoms with E-state index in [-0.39, 0.29) is 0 Å². The van der Waals surface area contributed by atoms with E-state index in [4.69, 9.17) is 0 Å². The van der Waals surface area contributed by atoms with E-state index in [1.54, 1.807) is 0 Å². The molecule has 0 saturated carbocycles. The van der Waals surface area contributed by atoms with Crippen LogP contribution in [0.4, 0.5) is 5.95 Å². The van der Waals surface area contributed by atoms with Crippen molar-refractivity contribution in [2.75, 3.05) is 44.2 Å². The van der Waals surface area contributed by atoms with Crippen LogP contribution in [0.1, 0.15) is 12.5 Å². The highest BCUT2D eigenvalue weighted by Crippen LogP contribution is 2.29. The summed E-state index contributed by atoms with van der Waals surface area (Å²) < 4.78 is 2.40. The summed E-state index contributed by atoms with van der Waals surface area (Å²) in [5.41, 5.74) is 4.00. The van der Waals surface area contributed by atoms with Gasteiger partial charge in [0.05, 0.1) is 0 Å². The molecule has 4 aromatic rings. The maximum absolute atomic E-state index is 4.37. The van der Waals surface area contributed by atoms with Crippen molar-refractivity contribution < 1.29 is 0 Å². The Hall–Kier alpha value is -2.96. The lowest BCUT2D eigenvalue weighted by atomic mass is 10.1. The van der Waals surface area contributed by atoms with Crippen molar-refractivity contribution in [2.24, 2.45) is 0 Å². The molecule has 1 N–H and O–H groups in total. The monoisotopic (exact) mass is 414 g/mol. The van der Waals surface area contributed by atoms with Gasteiger partial charge < -0.3 is 14.8 Å². The summed E-state index contributed by atoms with van der Waals surface area (Å²) in [6.07, 6.45) is 3.63. The van der Waals surface area contributed by atoms with Gasteiger partial charge in [0.2, 0.25) is 5.95 Å². The first-order valence-corrected chi connectivity index (χ1v) is 11.3. The van der Waals surface area contributed by atoms with Gasteiger partial charge >= 0.3 is 0 Å². The zero-order chi connectivity index (χ0) is 21.0. The number of hydrogen-bond donors (Lipinski definition) is 1. The number of rotatable bonds is 7. The molecule has 1 aliphatic heterocycles. The molecule has 2 aromatic carbocycles. The SMILES string of the molecule is CCn1c2ccccc2c2cc(CNCCN3CCN(c4ncccn4)CC3)ccc21. The fourth-order valence-corrected chi connectivity index (χ4v) is 4.65. The smallest absolute Gasteiger partial charge is 0.225 e. The van der Waals surface area contributed by atoms with E-state index in [0.717, 1.165) is 58.3 Å². The molecule has 1 aliphatic rings. The number of nitrogens with one attached hydrogen (secondary N) is 1. The van der Waals surface area contributed by atoms with Gasteiger partial charge in [-0.3, -0.25) is 4.90 Å². The molecule has 1 fully saturated rings. The lowest BCUT2D eigenvalue weighted by Crippen LogP contribution is -2.48. The summed E-state index contributed by atoms with van der Waals surface area (Å²) in [6.45, 7) is 10.3. The molecule has 0 radical (unpaired) electrons. The minimum atomic E-state index is 0.847. The number of piperazine rings is 1. The maximum Gasteiger partial charge on any atom is 0.225 e. The van der Waals surface area contributed by atoms with Gasteiger partial charge in [0.1, 0.15) is 0 Å². The van der Waals surface area contributed by atoms with E-state index in [0.29, 0.717) is 0 Å². The summed E-state index contributed by atoms with van der Waals surface area (Å²) in [4.78, 5) is 13.5. The predicted molar refractivity (Wildman–Crippen MR) is 128 cm³/mol. The number of aromatic nitrogens is 3. The molecule has 1 saturated heterocycles. The normalized spacial score (nSPS) is 15.2. The van der Waals surface area contributed by atoms with Crippen molar-refractivity contribution in [2.45, 2.75) is 20.0 Å². The Morgan fingerprint density at radius 2 is 1.65 bits per heavy atom. The fourth-order valence-electron chi connectivity index (χ4n) is 4.65. The first kappa shape index (κ1) is 20.0. The molecule has 0 unspecified atom stereocenters. The van der Waals surface area contributed by atoms with Crippen LogP contribution in [0.2, 0.25) is 0 Å². The van der Waals surface area contributed by atoms with Crippen LogP contribution >= 0.6 is 0 Å². The van der Waals surface area contributed by atoms with Crippen LogP contribution in [0.15, 0.2) is 60.9 Å². The third-order valence-corrected chi connectivity index (χ3v) is 6.29. The Morgan fingerprint density at radius 3 is 2.45 bits per heavy atom. The van der Waals surface area contributed by atoms with Gasteiger partial charge in [-0.25, -0.2) is 9.97 Å². The molecule has 0 atom stereocenters. The summed E-state index contributed by atoms with van der Waals surface area (Å²) in [7, 11) is 0. The zero-order valence-electron chi connectivity index (χ0n) is 18.2. The quantitative estimate of drug-likeness (QED) is 0.469. The number of anilines is 1. The van der Waals surface area contributed by atoms with Crippen molar-refractivity contribution in [1.82, 2.24) is 24.8 Å². The second-order valence-corrected chi connectivity index (χ2v) is 8.17. The third kappa shape index (κ3) is 4.13.